The Hall–Kier alpha value is -2.84. The van der Waals surface area contributed by atoms with E-state index in [4.69, 9.17) is 14.2 Å². The van der Waals surface area contributed by atoms with E-state index in [1.807, 2.05) is 6.92 Å². The molecule has 1 atom stereocenters. The lowest BCUT2D eigenvalue weighted by atomic mass is 9.94. The number of ketones is 1. The average Bonchev–Trinajstić information content (AvgIpc) is 3.04. The number of nitrogens with zero attached hydrogens (tertiary/aromatic N) is 1. The molecular formula is C24H26BrNO6. The van der Waals surface area contributed by atoms with E-state index in [0.29, 0.717) is 35.7 Å². The van der Waals surface area contributed by atoms with E-state index in [0.717, 1.165) is 10.0 Å². The van der Waals surface area contributed by atoms with Gasteiger partial charge in [-0.3, -0.25) is 9.59 Å². The molecule has 1 N–H and O–H groups in total. The quantitative estimate of drug-likeness (QED) is 0.251. The molecule has 8 heteroatoms. The molecule has 3 rings (SSSR count). The lowest BCUT2D eigenvalue weighted by molar-refractivity contribution is -0.140. The number of methoxy groups -OCH3 is 3. The molecule has 1 heterocycles. The van der Waals surface area contributed by atoms with Crippen LogP contribution in [0.25, 0.3) is 5.76 Å². The minimum Gasteiger partial charge on any atom is -0.507 e. The van der Waals surface area contributed by atoms with E-state index >= 15 is 0 Å². The number of aliphatic hydroxyl groups excluding tert-OH is 1. The van der Waals surface area contributed by atoms with Crippen molar-refractivity contribution in [1.29, 1.82) is 0 Å². The van der Waals surface area contributed by atoms with Crippen molar-refractivity contribution in [3.63, 3.8) is 0 Å². The van der Waals surface area contributed by atoms with E-state index in [1.165, 1.54) is 19.1 Å². The number of carbonyl (C=O) groups is 2. The zero-order chi connectivity index (χ0) is 23.4. The van der Waals surface area contributed by atoms with Crippen LogP contribution < -0.4 is 9.47 Å². The second-order valence-electron chi connectivity index (χ2n) is 7.39. The third-order valence-electron chi connectivity index (χ3n) is 5.45. The number of carbonyl (C=O) groups excluding carboxylic acids is 2. The molecule has 2 aromatic carbocycles. The molecule has 1 fully saturated rings. The Balaban J connectivity index is 2.23. The van der Waals surface area contributed by atoms with Crippen molar-refractivity contribution in [3.8, 4) is 11.5 Å². The maximum absolute atomic E-state index is 13.1. The number of amides is 1. The van der Waals surface area contributed by atoms with Crippen molar-refractivity contribution in [1.82, 2.24) is 4.90 Å². The maximum atomic E-state index is 13.1. The highest BCUT2D eigenvalue weighted by atomic mass is 79.9. The first-order chi connectivity index (χ1) is 15.3. The first kappa shape index (κ1) is 23.8. The van der Waals surface area contributed by atoms with Gasteiger partial charge in [-0.2, -0.15) is 0 Å². The van der Waals surface area contributed by atoms with E-state index in [9.17, 15) is 14.7 Å². The molecule has 170 valence electrons. The fourth-order valence-electron chi connectivity index (χ4n) is 3.89. The van der Waals surface area contributed by atoms with Crippen LogP contribution in [0.15, 0.2) is 46.4 Å². The highest BCUT2D eigenvalue weighted by molar-refractivity contribution is 9.10. The molecule has 0 radical (unpaired) electrons. The lowest BCUT2D eigenvalue weighted by Crippen LogP contribution is -2.31. The van der Waals surface area contributed by atoms with Gasteiger partial charge in [0, 0.05) is 35.9 Å². The summed E-state index contributed by atoms with van der Waals surface area (Å²) in [5, 5.41) is 11.2. The van der Waals surface area contributed by atoms with Crippen LogP contribution in [0.3, 0.4) is 0 Å². The predicted molar refractivity (Wildman–Crippen MR) is 124 cm³/mol. The van der Waals surface area contributed by atoms with Crippen LogP contribution in [0.1, 0.15) is 29.2 Å². The molecule has 2 aromatic rings. The molecule has 1 unspecified atom stereocenters. The molecule has 0 spiro atoms. The van der Waals surface area contributed by atoms with Crippen molar-refractivity contribution in [3.05, 3.63) is 63.1 Å². The van der Waals surface area contributed by atoms with Crippen LogP contribution in [-0.2, 0) is 14.3 Å². The molecule has 1 aliphatic rings. The van der Waals surface area contributed by atoms with Crippen molar-refractivity contribution in [2.75, 3.05) is 34.5 Å². The van der Waals surface area contributed by atoms with Gasteiger partial charge in [-0.15, -0.1) is 0 Å². The Morgan fingerprint density at radius 2 is 1.88 bits per heavy atom. The Morgan fingerprint density at radius 1 is 1.12 bits per heavy atom. The van der Waals surface area contributed by atoms with Gasteiger partial charge in [0.05, 0.1) is 25.8 Å². The fraction of sp³-hybridized carbons (Fsp3) is 0.333. The summed E-state index contributed by atoms with van der Waals surface area (Å²) in [6.45, 7) is 2.59. The number of hydrogen-bond acceptors (Lipinski definition) is 6. The molecule has 1 aliphatic heterocycles. The SMILES string of the molecule is COCCCN1C(=O)C(=O)/C(=C(/O)c2ccc(Br)c(C)c2)C1c1cccc(OC)c1OC. The summed E-state index contributed by atoms with van der Waals surface area (Å²) in [5.74, 6) is -0.784. The van der Waals surface area contributed by atoms with Gasteiger partial charge in [-0.1, -0.05) is 34.1 Å². The lowest BCUT2D eigenvalue weighted by Gasteiger charge is -2.27. The molecule has 0 saturated carbocycles. The number of hydrogen-bond donors (Lipinski definition) is 1. The maximum Gasteiger partial charge on any atom is 0.295 e. The summed E-state index contributed by atoms with van der Waals surface area (Å²) in [4.78, 5) is 27.6. The minimum absolute atomic E-state index is 0.0145. The van der Waals surface area contributed by atoms with Gasteiger partial charge in [0.25, 0.3) is 11.7 Å². The molecule has 32 heavy (non-hydrogen) atoms. The number of likely N-dealkylation sites (tertiary alicyclic amines) is 1. The number of para-hydroxylation sites is 1. The average molecular weight is 504 g/mol. The van der Waals surface area contributed by atoms with Gasteiger partial charge < -0.3 is 24.2 Å². The molecule has 7 nitrogen and oxygen atoms in total. The number of rotatable bonds is 8. The van der Waals surface area contributed by atoms with Crippen LogP contribution in [0.5, 0.6) is 11.5 Å². The topological polar surface area (TPSA) is 85.3 Å². The summed E-state index contributed by atoms with van der Waals surface area (Å²) >= 11 is 3.44. The van der Waals surface area contributed by atoms with Crippen LogP contribution in [-0.4, -0.2) is 56.2 Å². The molecule has 0 bridgehead atoms. The van der Waals surface area contributed by atoms with Crippen molar-refractivity contribution >= 4 is 33.4 Å². The number of aliphatic hydroxyl groups is 1. The molecular weight excluding hydrogens is 478 g/mol. The summed E-state index contributed by atoms with van der Waals surface area (Å²) in [6.07, 6.45) is 0.531. The van der Waals surface area contributed by atoms with E-state index in [-0.39, 0.29) is 17.9 Å². The molecule has 1 saturated heterocycles. The third-order valence-corrected chi connectivity index (χ3v) is 6.34. The first-order valence-electron chi connectivity index (χ1n) is 10.1. The van der Waals surface area contributed by atoms with Crippen molar-refractivity contribution < 1.29 is 28.9 Å². The summed E-state index contributed by atoms with van der Waals surface area (Å²) < 4.78 is 17.0. The number of benzene rings is 2. The molecule has 0 aliphatic carbocycles. The highest BCUT2D eigenvalue weighted by Gasteiger charge is 2.47. The second-order valence-corrected chi connectivity index (χ2v) is 8.24. The monoisotopic (exact) mass is 503 g/mol. The number of Topliss-reactive ketones (excluding diaryl/α,β-unsaturated/α-hetero) is 1. The smallest absolute Gasteiger partial charge is 0.295 e. The second kappa shape index (κ2) is 10.2. The van der Waals surface area contributed by atoms with Gasteiger partial charge in [-0.05, 0) is 37.1 Å². The summed E-state index contributed by atoms with van der Waals surface area (Å²) in [7, 11) is 4.59. The zero-order valence-corrected chi connectivity index (χ0v) is 20.1. The Kier molecular flexibility index (Phi) is 7.58. The van der Waals surface area contributed by atoms with Crippen molar-refractivity contribution in [2.45, 2.75) is 19.4 Å². The van der Waals surface area contributed by atoms with Gasteiger partial charge >= 0.3 is 0 Å². The highest BCUT2D eigenvalue weighted by Crippen LogP contribution is 2.45. The van der Waals surface area contributed by atoms with Crippen LogP contribution in [0.2, 0.25) is 0 Å². The normalized spacial score (nSPS) is 17.7. The van der Waals surface area contributed by atoms with E-state index in [2.05, 4.69) is 15.9 Å². The Bertz CT molecular complexity index is 1060. The van der Waals surface area contributed by atoms with E-state index in [1.54, 1.807) is 43.5 Å². The largest absolute Gasteiger partial charge is 0.507 e. The Morgan fingerprint density at radius 3 is 2.50 bits per heavy atom. The van der Waals surface area contributed by atoms with Crippen molar-refractivity contribution in [2.24, 2.45) is 0 Å². The minimum atomic E-state index is -0.833. The van der Waals surface area contributed by atoms with Crippen LogP contribution in [0, 0.1) is 6.92 Å². The van der Waals surface area contributed by atoms with E-state index < -0.39 is 17.7 Å². The van der Waals surface area contributed by atoms with Gasteiger partial charge in [0.2, 0.25) is 0 Å². The summed E-state index contributed by atoms with van der Waals surface area (Å²) in [5.41, 5.74) is 1.91. The Labute approximate surface area is 195 Å². The number of halogens is 1. The number of ether oxygens (including phenoxy) is 3. The van der Waals surface area contributed by atoms with Gasteiger partial charge in [0.15, 0.2) is 11.5 Å². The molecule has 1 amide bonds. The van der Waals surface area contributed by atoms with Gasteiger partial charge in [0.1, 0.15) is 5.76 Å². The van der Waals surface area contributed by atoms with Crippen LogP contribution in [0.4, 0.5) is 0 Å². The third kappa shape index (κ3) is 4.38. The zero-order valence-electron chi connectivity index (χ0n) is 18.5. The number of aryl methyl sites for hydroxylation is 1. The van der Waals surface area contributed by atoms with Gasteiger partial charge in [-0.25, -0.2) is 0 Å². The van der Waals surface area contributed by atoms with Crippen LogP contribution >= 0.6 is 15.9 Å². The summed E-state index contributed by atoms with van der Waals surface area (Å²) in [6, 6.07) is 9.68. The first-order valence-corrected chi connectivity index (χ1v) is 10.9. The predicted octanol–water partition coefficient (Wildman–Crippen LogP) is 4.23. The standard InChI is InChI=1S/C24H26BrNO6/c1-14-13-15(9-10-17(14)25)21(27)19-20(16-7-5-8-18(31-3)23(16)32-4)26(11-6-12-30-2)24(29)22(19)28/h5,7-10,13,20,27H,6,11-12H2,1-4H3/b21-19+. The fourth-order valence-corrected chi connectivity index (χ4v) is 4.13. The molecule has 0 aromatic heterocycles.